The van der Waals surface area contributed by atoms with E-state index in [0.29, 0.717) is 59.8 Å². The van der Waals surface area contributed by atoms with Crippen LogP contribution in [0.25, 0.3) is 11.3 Å². The Balaban J connectivity index is 1.73. The molecule has 0 saturated carbocycles. The maximum Gasteiger partial charge on any atom is 0.255 e. The van der Waals surface area contributed by atoms with Crippen molar-refractivity contribution in [1.29, 1.82) is 0 Å². The van der Waals surface area contributed by atoms with Gasteiger partial charge in [0.05, 0.1) is 47.6 Å². The second kappa shape index (κ2) is 8.72. The highest BCUT2D eigenvalue weighted by molar-refractivity contribution is 6.32. The second-order valence-electron chi connectivity index (χ2n) is 7.64. The molecule has 5 rings (SSSR count). The smallest absolute Gasteiger partial charge is 0.255 e. The van der Waals surface area contributed by atoms with Gasteiger partial charge >= 0.3 is 0 Å². The lowest BCUT2D eigenvalue weighted by Crippen LogP contribution is -2.35. The lowest BCUT2D eigenvalue weighted by Gasteiger charge is -2.24. The van der Waals surface area contributed by atoms with Crippen LogP contribution < -0.4 is 20.1 Å². The molecule has 32 heavy (non-hydrogen) atoms. The summed E-state index contributed by atoms with van der Waals surface area (Å²) < 4.78 is 17.2. The van der Waals surface area contributed by atoms with Gasteiger partial charge in [-0.25, -0.2) is 0 Å². The number of fused-ring (bicyclic) bond motifs is 3. The molecule has 3 aromatic rings. The highest BCUT2D eigenvalue weighted by atomic mass is 35.5. The van der Waals surface area contributed by atoms with Gasteiger partial charge in [0.1, 0.15) is 12.4 Å². The molecular formula is C23H23ClN4O4. The van der Waals surface area contributed by atoms with E-state index >= 15 is 0 Å². The van der Waals surface area contributed by atoms with Crippen molar-refractivity contribution in [3.05, 3.63) is 52.9 Å². The Morgan fingerprint density at radius 1 is 1.25 bits per heavy atom. The summed E-state index contributed by atoms with van der Waals surface area (Å²) in [6.45, 7) is 2.01. The van der Waals surface area contributed by atoms with E-state index in [9.17, 15) is 4.79 Å². The average molecular weight is 455 g/mol. The molecule has 2 bridgehead atoms. The van der Waals surface area contributed by atoms with Gasteiger partial charge < -0.3 is 29.8 Å². The first-order valence-electron chi connectivity index (χ1n) is 10.5. The Kier molecular flexibility index (Phi) is 5.63. The van der Waals surface area contributed by atoms with E-state index < -0.39 is 0 Å². The van der Waals surface area contributed by atoms with Gasteiger partial charge in [-0.05, 0) is 24.6 Å². The van der Waals surface area contributed by atoms with Crippen molar-refractivity contribution in [3.8, 4) is 22.8 Å². The van der Waals surface area contributed by atoms with Crippen molar-refractivity contribution in [2.45, 2.75) is 12.3 Å². The predicted molar refractivity (Wildman–Crippen MR) is 121 cm³/mol. The minimum absolute atomic E-state index is 0.101. The molecule has 0 fully saturated rings. The molecule has 0 spiro atoms. The highest BCUT2D eigenvalue weighted by Crippen LogP contribution is 2.44. The third-order valence-electron chi connectivity index (χ3n) is 5.75. The van der Waals surface area contributed by atoms with E-state index in [4.69, 9.17) is 25.8 Å². The van der Waals surface area contributed by atoms with Gasteiger partial charge in [0.2, 0.25) is 0 Å². The fourth-order valence-electron chi connectivity index (χ4n) is 4.23. The molecular weight excluding hydrogens is 432 g/mol. The number of halogens is 1. The van der Waals surface area contributed by atoms with E-state index in [1.807, 2.05) is 18.2 Å². The number of amides is 1. The van der Waals surface area contributed by atoms with Crippen LogP contribution in [0.5, 0.6) is 11.5 Å². The molecule has 2 aliphatic rings. The SMILES string of the molecule is COc1c(Cl)cccc1Nc1c2[nH]c3c1C(=O)NC[C@H]3CCOCCOc1cnccc1-2. The summed E-state index contributed by atoms with van der Waals surface area (Å²) in [5.41, 5.74) is 4.28. The number of hydrogen-bond donors (Lipinski definition) is 3. The highest BCUT2D eigenvalue weighted by Gasteiger charge is 2.33. The number of aromatic nitrogens is 2. The van der Waals surface area contributed by atoms with Crippen LogP contribution in [-0.4, -0.2) is 49.4 Å². The molecule has 1 aromatic carbocycles. The number of anilines is 2. The molecule has 0 unspecified atom stereocenters. The summed E-state index contributed by atoms with van der Waals surface area (Å²) in [6.07, 6.45) is 4.14. The molecule has 1 atom stereocenters. The van der Waals surface area contributed by atoms with Crippen molar-refractivity contribution >= 4 is 28.9 Å². The van der Waals surface area contributed by atoms with Crippen LogP contribution in [0.1, 0.15) is 28.4 Å². The van der Waals surface area contributed by atoms with E-state index in [1.54, 1.807) is 25.6 Å². The quantitative estimate of drug-likeness (QED) is 0.551. The molecule has 9 heteroatoms. The van der Waals surface area contributed by atoms with E-state index in [0.717, 1.165) is 23.4 Å². The van der Waals surface area contributed by atoms with Gasteiger partial charge in [0, 0.05) is 36.5 Å². The Morgan fingerprint density at radius 3 is 3.03 bits per heavy atom. The maximum absolute atomic E-state index is 13.0. The molecule has 0 aliphatic carbocycles. The van der Waals surface area contributed by atoms with Crippen LogP contribution in [0, 0.1) is 0 Å². The van der Waals surface area contributed by atoms with Crippen molar-refractivity contribution in [1.82, 2.24) is 15.3 Å². The third-order valence-corrected chi connectivity index (χ3v) is 6.05. The minimum Gasteiger partial charge on any atom is -0.493 e. The van der Waals surface area contributed by atoms with Crippen LogP contribution in [0.2, 0.25) is 5.02 Å². The molecule has 0 radical (unpaired) electrons. The molecule has 166 valence electrons. The fraction of sp³-hybridized carbons (Fsp3) is 0.304. The average Bonchev–Trinajstić information content (AvgIpc) is 3.17. The summed E-state index contributed by atoms with van der Waals surface area (Å²) in [5, 5.41) is 6.90. The fourth-order valence-corrected chi connectivity index (χ4v) is 4.48. The van der Waals surface area contributed by atoms with Gasteiger partial charge in [-0.1, -0.05) is 17.7 Å². The topological polar surface area (TPSA) is 97.5 Å². The van der Waals surface area contributed by atoms with Crippen LogP contribution in [0.3, 0.4) is 0 Å². The Morgan fingerprint density at radius 2 is 2.16 bits per heavy atom. The molecule has 2 aliphatic heterocycles. The molecule has 2 aromatic heterocycles. The summed E-state index contributed by atoms with van der Waals surface area (Å²) >= 11 is 6.34. The van der Waals surface area contributed by atoms with E-state index in [-0.39, 0.29) is 11.8 Å². The number of aromatic amines is 1. The molecule has 3 N–H and O–H groups in total. The van der Waals surface area contributed by atoms with Gasteiger partial charge in [-0.15, -0.1) is 0 Å². The van der Waals surface area contributed by atoms with Crippen molar-refractivity contribution < 1.29 is 19.0 Å². The van der Waals surface area contributed by atoms with Crippen LogP contribution >= 0.6 is 11.6 Å². The van der Waals surface area contributed by atoms with Crippen LogP contribution in [-0.2, 0) is 4.74 Å². The first-order valence-corrected chi connectivity index (χ1v) is 10.8. The largest absolute Gasteiger partial charge is 0.493 e. The summed E-state index contributed by atoms with van der Waals surface area (Å²) in [5.74, 6) is 1.06. The Bertz CT molecular complexity index is 1160. The molecule has 0 saturated heterocycles. The number of rotatable bonds is 3. The van der Waals surface area contributed by atoms with Crippen molar-refractivity contribution in [3.63, 3.8) is 0 Å². The van der Waals surface area contributed by atoms with E-state index in [2.05, 4.69) is 20.6 Å². The van der Waals surface area contributed by atoms with Gasteiger partial charge in [0.15, 0.2) is 5.75 Å². The Hall–Kier alpha value is -3.23. The zero-order chi connectivity index (χ0) is 22.1. The zero-order valence-corrected chi connectivity index (χ0v) is 18.3. The number of benzene rings is 1. The second-order valence-corrected chi connectivity index (χ2v) is 8.04. The number of hydrogen-bond acceptors (Lipinski definition) is 6. The van der Waals surface area contributed by atoms with Gasteiger partial charge in [-0.3, -0.25) is 9.78 Å². The number of carbonyl (C=O) groups is 1. The first-order chi connectivity index (χ1) is 15.7. The van der Waals surface area contributed by atoms with E-state index in [1.165, 1.54) is 0 Å². The third kappa shape index (κ3) is 3.65. The molecule has 4 heterocycles. The first kappa shape index (κ1) is 20.7. The molecule has 8 nitrogen and oxygen atoms in total. The van der Waals surface area contributed by atoms with Crippen molar-refractivity contribution in [2.24, 2.45) is 0 Å². The summed E-state index contributed by atoms with van der Waals surface area (Å²) in [4.78, 5) is 20.8. The number of para-hydroxylation sites is 1. The number of H-pyrrole nitrogens is 1. The Labute approximate surface area is 190 Å². The standard InChI is InChI=1S/C23H23ClN4O4/c1-30-22-15(24)3-2-4-16(22)27-21-18-19-13(11-26-23(18)29)6-8-31-9-10-32-17-12-25-7-5-14(17)20(21)28-19/h2-5,7,12-13,27-28H,6,8-11H2,1H3,(H,26,29)/t13-/m1/s1. The number of carbonyl (C=O) groups excluding carboxylic acids is 1. The lowest BCUT2D eigenvalue weighted by atomic mass is 9.93. The lowest BCUT2D eigenvalue weighted by molar-refractivity contribution is 0.0884. The predicted octanol–water partition coefficient (Wildman–Crippen LogP) is 4.11. The number of nitrogens with one attached hydrogen (secondary N) is 3. The van der Waals surface area contributed by atoms with Gasteiger partial charge in [-0.2, -0.15) is 0 Å². The van der Waals surface area contributed by atoms with Crippen LogP contribution in [0.4, 0.5) is 11.4 Å². The van der Waals surface area contributed by atoms with Gasteiger partial charge in [0.25, 0.3) is 5.91 Å². The number of ether oxygens (including phenoxy) is 3. The molecule has 1 amide bonds. The monoisotopic (exact) mass is 454 g/mol. The summed E-state index contributed by atoms with van der Waals surface area (Å²) in [7, 11) is 1.56. The number of methoxy groups -OCH3 is 1. The number of pyridine rings is 1. The maximum atomic E-state index is 13.0. The zero-order valence-electron chi connectivity index (χ0n) is 17.5. The summed E-state index contributed by atoms with van der Waals surface area (Å²) in [6, 6.07) is 7.31. The van der Waals surface area contributed by atoms with Crippen LogP contribution in [0.15, 0.2) is 36.7 Å². The number of nitrogens with zero attached hydrogens (tertiary/aromatic N) is 1. The normalized spacial score (nSPS) is 17.8. The minimum atomic E-state index is -0.144. The van der Waals surface area contributed by atoms with Crippen molar-refractivity contribution in [2.75, 3.05) is 38.8 Å².